The summed E-state index contributed by atoms with van der Waals surface area (Å²) in [5.74, 6) is -0.390. The summed E-state index contributed by atoms with van der Waals surface area (Å²) in [6.07, 6.45) is 1.52. The Hall–Kier alpha value is -1.17. The fourth-order valence-electron chi connectivity index (χ4n) is 1.52. The van der Waals surface area contributed by atoms with E-state index in [4.69, 9.17) is 0 Å². The molecule has 1 amide bonds. The number of halogens is 2. The maximum Gasteiger partial charge on any atom is 0.239 e. The molecular weight excluding hydrogens is 301 g/mol. The lowest BCUT2D eigenvalue weighted by atomic mass is 10.3. The maximum atomic E-state index is 13.7. The Bertz CT molecular complexity index is 426. The number of nitrogens with zero attached hydrogens (tertiary/aromatic N) is 2. The molecule has 1 rings (SSSR count). The molecule has 1 aromatic rings. The summed E-state index contributed by atoms with van der Waals surface area (Å²) in [6, 6.07) is 1.41. The molecule has 0 fully saturated rings. The first kappa shape index (κ1) is 14.9. The van der Waals surface area contributed by atoms with E-state index in [2.05, 4.69) is 26.2 Å². The van der Waals surface area contributed by atoms with E-state index in [1.165, 1.54) is 12.3 Å². The minimum atomic E-state index is -0.441. The molecule has 0 spiro atoms. The molecule has 0 aliphatic rings. The molecule has 18 heavy (non-hydrogen) atoms. The van der Waals surface area contributed by atoms with E-state index in [-0.39, 0.29) is 24.3 Å². The predicted octanol–water partition coefficient (Wildman–Crippen LogP) is 2.33. The lowest BCUT2D eigenvalue weighted by Crippen LogP contribution is -2.40. The smallest absolute Gasteiger partial charge is 0.239 e. The summed E-state index contributed by atoms with van der Waals surface area (Å²) in [4.78, 5) is 17.3. The zero-order valence-corrected chi connectivity index (χ0v) is 12.3. The number of pyridine rings is 1. The quantitative estimate of drug-likeness (QED) is 0.906. The average Bonchev–Trinajstić information content (AvgIpc) is 2.25. The van der Waals surface area contributed by atoms with E-state index in [1.807, 2.05) is 20.8 Å². The summed E-state index contributed by atoms with van der Waals surface area (Å²) in [6.45, 7) is 6.22. The number of amides is 1. The molecule has 100 valence electrons. The van der Waals surface area contributed by atoms with Crippen LogP contribution in [0.25, 0.3) is 0 Å². The van der Waals surface area contributed by atoms with E-state index in [1.54, 1.807) is 4.90 Å². The fourth-order valence-corrected chi connectivity index (χ4v) is 1.82. The van der Waals surface area contributed by atoms with Gasteiger partial charge in [-0.25, -0.2) is 9.37 Å². The Morgan fingerprint density at radius 3 is 2.78 bits per heavy atom. The van der Waals surface area contributed by atoms with Crippen molar-refractivity contribution in [1.29, 1.82) is 0 Å². The Balaban J connectivity index is 2.80. The van der Waals surface area contributed by atoms with Gasteiger partial charge in [0.2, 0.25) is 5.91 Å². The van der Waals surface area contributed by atoms with Crippen LogP contribution >= 0.6 is 15.9 Å². The summed E-state index contributed by atoms with van der Waals surface area (Å²) < 4.78 is 14.3. The molecule has 0 saturated heterocycles. The van der Waals surface area contributed by atoms with Crippen LogP contribution < -0.4 is 10.2 Å². The normalized spacial score (nSPS) is 10.6. The van der Waals surface area contributed by atoms with Crippen molar-refractivity contribution in [3.63, 3.8) is 0 Å². The average molecular weight is 318 g/mol. The number of nitrogens with one attached hydrogen (secondary N) is 1. The molecule has 0 saturated carbocycles. The van der Waals surface area contributed by atoms with Crippen molar-refractivity contribution in [3.05, 3.63) is 22.6 Å². The number of hydrogen-bond acceptors (Lipinski definition) is 3. The van der Waals surface area contributed by atoms with Crippen LogP contribution in [-0.2, 0) is 4.79 Å². The molecule has 4 nitrogen and oxygen atoms in total. The molecule has 0 unspecified atom stereocenters. The van der Waals surface area contributed by atoms with Gasteiger partial charge in [-0.15, -0.1) is 0 Å². The molecule has 0 radical (unpaired) electrons. The lowest BCUT2D eigenvalue weighted by molar-refractivity contribution is -0.120. The first-order chi connectivity index (χ1) is 8.43. The van der Waals surface area contributed by atoms with E-state index in [0.29, 0.717) is 11.0 Å². The maximum absolute atomic E-state index is 13.7. The molecule has 1 heterocycles. The fraction of sp³-hybridized carbons (Fsp3) is 0.500. The molecule has 0 atom stereocenters. The van der Waals surface area contributed by atoms with E-state index < -0.39 is 5.82 Å². The van der Waals surface area contributed by atoms with Gasteiger partial charge >= 0.3 is 0 Å². The Morgan fingerprint density at radius 1 is 1.61 bits per heavy atom. The molecule has 1 aromatic heterocycles. The van der Waals surface area contributed by atoms with Gasteiger partial charge in [0.25, 0.3) is 0 Å². The highest BCUT2D eigenvalue weighted by atomic mass is 79.9. The molecular formula is C12H17BrFN3O. The number of rotatable bonds is 5. The first-order valence-corrected chi connectivity index (χ1v) is 6.58. The number of carbonyl (C=O) groups excluding carboxylic acids is 1. The van der Waals surface area contributed by atoms with Crippen molar-refractivity contribution in [2.45, 2.75) is 26.8 Å². The number of anilines is 1. The van der Waals surface area contributed by atoms with Crippen molar-refractivity contribution >= 4 is 27.7 Å². The SMILES string of the molecule is CCN(CC(=O)NC(C)C)c1ncc(Br)cc1F. The Morgan fingerprint density at radius 2 is 2.28 bits per heavy atom. The highest BCUT2D eigenvalue weighted by molar-refractivity contribution is 9.10. The minimum absolute atomic E-state index is 0.0685. The van der Waals surface area contributed by atoms with Gasteiger partial charge in [-0.05, 0) is 42.8 Å². The molecule has 0 aliphatic heterocycles. The van der Waals surface area contributed by atoms with E-state index >= 15 is 0 Å². The molecule has 1 N–H and O–H groups in total. The zero-order chi connectivity index (χ0) is 13.7. The second-order valence-corrected chi connectivity index (χ2v) is 5.11. The van der Waals surface area contributed by atoms with E-state index in [0.717, 1.165) is 0 Å². The van der Waals surface area contributed by atoms with Gasteiger partial charge in [-0.2, -0.15) is 0 Å². The summed E-state index contributed by atoms with van der Waals surface area (Å²) in [5, 5.41) is 2.77. The third-order valence-corrected chi connectivity index (χ3v) is 2.69. The standard InChI is InChI=1S/C12H17BrFN3O/c1-4-17(7-11(18)16-8(2)3)12-10(14)5-9(13)6-15-12/h5-6,8H,4,7H2,1-3H3,(H,16,18). The largest absolute Gasteiger partial charge is 0.352 e. The van der Waals surface area contributed by atoms with Crippen molar-refractivity contribution in [2.24, 2.45) is 0 Å². The van der Waals surface area contributed by atoms with Crippen LogP contribution in [0, 0.1) is 5.82 Å². The highest BCUT2D eigenvalue weighted by Crippen LogP contribution is 2.19. The van der Waals surface area contributed by atoms with Gasteiger partial charge in [0.15, 0.2) is 11.6 Å². The number of hydrogen-bond donors (Lipinski definition) is 1. The molecule has 0 aliphatic carbocycles. The van der Waals surface area contributed by atoms with Crippen LogP contribution in [0.5, 0.6) is 0 Å². The molecule has 0 aromatic carbocycles. The van der Waals surface area contributed by atoms with Crippen LogP contribution in [0.15, 0.2) is 16.7 Å². The molecule has 0 bridgehead atoms. The van der Waals surface area contributed by atoms with Gasteiger partial charge in [-0.1, -0.05) is 0 Å². The molecule has 6 heteroatoms. The van der Waals surface area contributed by atoms with Crippen LogP contribution in [0.2, 0.25) is 0 Å². The topological polar surface area (TPSA) is 45.2 Å². The van der Waals surface area contributed by atoms with Crippen LogP contribution in [0.3, 0.4) is 0 Å². The summed E-state index contributed by atoms with van der Waals surface area (Å²) >= 11 is 3.15. The number of aromatic nitrogens is 1. The van der Waals surface area contributed by atoms with Gasteiger partial charge in [0, 0.05) is 23.3 Å². The summed E-state index contributed by atoms with van der Waals surface area (Å²) in [5.41, 5.74) is 0. The first-order valence-electron chi connectivity index (χ1n) is 5.79. The lowest BCUT2D eigenvalue weighted by Gasteiger charge is -2.22. The monoisotopic (exact) mass is 317 g/mol. The third-order valence-electron chi connectivity index (χ3n) is 2.25. The zero-order valence-electron chi connectivity index (χ0n) is 10.7. The minimum Gasteiger partial charge on any atom is -0.352 e. The van der Waals surface area contributed by atoms with Gasteiger partial charge in [-0.3, -0.25) is 4.79 Å². The van der Waals surface area contributed by atoms with Crippen LogP contribution in [0.1, 0.15) is 20.8 Å². The van der Waals surface area contributed by atoms with Crippen molar-refractivity contribution in [1.82, 2.24) is 10.3 Å². The Labute approximate surface area is 115 Å². The van der Waals surface area contributed by atoms with E-state index in [9.17, 15) is 9.18 Å². The second kappa shape index (κ2) is 6.68. The second-order valence-electron chi connectivity index (χ2n) is 4.20. The van der Waals surface area contributed by atoms with Crippen LogP contribution in [-0.4, -0.2) is 30.0 Å². The van der Waals surface area contributed by atoms with Gasteiger partial charge in [0.1, 0.15) is 0 Å². The number of carbonyl (C=O) groups is 1. The van der Waals surface area contributed by atoms with Crippen molar-refractivity contribution in [2.75, 3.05) is 18.0 Å². The van der Waals surface area contributed by atoms with Crippen molar-refractivity contribution < 1.29 is 9.18 Å². The predicted molar refractivity (Wildman–Crippen MR) is 73.1 cm³/mol. The van der Waals surface area contributed by atoms with Crippen LogP contribution in [0.4, 0.5) is 10.2 Å². The van der Waals surface area contributed by atoms with Gasteiger partial charge < -0.3 is 10.2 Å². The Kier molecular flexibility index (Phi) is 5.53. The summed E-state index contributed by atoms with van der Waals surface area (Å²) in [7, 11) is 0. The highest BCUT2D eigenvalue weighted by Gasteiger charge is 2.15. The number of likely N-dealkylation sites (N-methyl/N-ethyl adjacent to an activating group) is 1. The van der Waals surface area contributed by atoms with Crippen molar-refractivity contribution in [3.8, 4) is 0 Å². The third kappa shape index (κ3) is 4.25. The van der Waals surface area contributed by atoms with Gasteiger partial charge in [0.05, 0.1) is 6.54 Å².